The number of hydrogen-bond acceptors (Lipinski definition) is 3. The quantitative estimate of drug-likeness (QED) is 0.879. The minimum absolute atomic E-state index is 0.0482. The summed E-state index contributed by atoms with van der Waals surface area (Å²) in [5.74, 6) is -0.538. The molecule has 2 N–H and O–H groups in total. The summed E-state index contributed by atoms with van der Waals surface area (Å²) in [6.07, 6.45) is 0. The van der Waals surface area contributed by atoms with Crippen LogP contribution in [-0.2, 0) is 6.54 Å². The second kappa shape index (κ2) is 5.91. The maximum absolute atomic E-state index is 10.7. The Hall–Kier alpha value is -1.78. The third-order valence-corrected chi connectivity index (χ3v) is 3.17. The Morgan fingerprint density at radius 2 is 2.11 bits per heavy atom. The molecule has 1 aromatic heterocycles. The molecule has 2 aromatic rings. The van der Waals surface area contributed by atoms with Gasteiger partial charge in [0.25, 0.3) is 0 Å². The highest BCUT2D eigenvalue weighted by Gasteiger charge is 2.11. The summed E-state index contributed by atoms with van der Waals surface area (Å²) in [5.41, 5.74) is 0.995. The van der Waals surface area contributed by atoms with Gasteiger partial charge in [0.05, 0.1) is 6.54 Å². The summed E-state index contributed by atoms with van der Waals surface area (Å²) in [4.78, 5) is 10.7. The number of aromatic carboxylic acids is 1. The van der Waals surface area contributed by atoms with Crippen molar-refractivity contribution in [1.82, 2.24) is 5.32 Å². The predicted octanol–water partition coefficient (Wildman–Crippen LogP) is 3.48. The first-order valence-electron chi connectivity index (χ1n) is 5.87. The molecular weight excluding hydrogens is 266 g/mol. The Morgan fingerprint density at radius 3 is 2.74 bits per heavy atom. The van der Waals surface area contributed by atoms with Crippen LogP contribution >= 0.6 is 11.6 Å². The SMILES string of the molecule is C[C@@H](NCc1ccc(C(=O)O)o1)c1ccccc1Cl. The van der Waals surface area contributed by atoms with Gasteiger partial charge in [-0.2, -0.15) is 0 Å². The normalized spacial score (nSPS) is 12.3. The summed E-state index contributed by atoms with van der Waals surface area (Å²) in [5, 5.41) is 12.7. The predicted molar refractivity (Wildman–Crippen MR) is 72.4 cm³/mol. The van der Waals surface area contributed by atoms with Crippen LogP contribution in [0.2, 0.25) is 5.02 Å². The fourth-order valence-corrected chi connectivity index (χ4v) is 2.08. The highest BCUT2D eigenvalue weighted by molar-refractivity contribution is 6.31. The van der Waals surface area contributed by atoms with E-state index in [4.69, 9.17) is 21.1 Å². The van der Waals surface area contributed by atoms with Crippen molar-refractivity contribution >= 4 is 17.6 Å². The van der Waals surface area contributed by atoms with Crippen LogP contribution in [0.5, 0.6) is 0 Å². The summed E-state index contributed by atoms with van der Waals surface area (Å²) in [6.45, 7) is 2.43. The third-order valence-electron chi connectivity index (χ3n) is 2.83. The highest BCUT2D eigenvalue weighted by Crippen LogP contribution is 2.22. The van der Waals surface area contributed by atoms with Gasteiger partial charge in [0.15, 0.2) is 0 Å². The van der Waals surface area contributed by atoms with E-state index in [0.29, 0.717) is 17.3 Å². The molecule has 0 fully saturated rings. The van der Waals surface area contributed by atoms with E-state index in [1.807, 2.05) is 31.2 Å². The van der Waals surface area contributed by atoms with Gasteiger partial charge < -0.3 is 14.8 Å². The van der Waals surface area contributed by atoms with Crippen molar-refractivity contribution in [2.24, 2.45) is 0 Å². The number of hydrogen-bond donors (Lipinski definition) is 2. The maximum atomic E-state index is 10.7. The molecule has 4 nitrogen and oxygen atoms in total. The fraction of sp³-hybridized carbons (Fsp3) is 0.214. The number of benzene rings is 1. The molecule has 1 atom stereocenters. The van der Waals surface area contributed by atoms with E-state index < -0.39 is 5.97 Å². The van der Waals surface area contributed by atoms with Gasteiger partial charge >= 0.3 is 5.97 Å². The van der Waals surface area contributed by atoms with Crippen LogP contribution in [-0.4, -0.2) is 11.1 Å². The average Bonchev–Trinajstić information content (AvgIpc) is 2.85. The molecule has 0 saturated heterocycles. The Balaban J connectivity index is 1.98. The minimum Gasteiger partial charge on any atom is -0.475 e. The number of carboxylic acids is 1. The molecule has 1 heterocycles. The molecule has 0 unspecified atom stereocenters. The summed E-state index contributed by atoms with van der Waals surface area (Å²) in [7, 11) is 0. The van der Waals surface area contributed by atoms with E-state index in [1.165, 1.54) is 6.07 Å². The first kappa shape index (κ1) is 13.6. The lowest BCUT2D eigenvalue weighted by molar-refractivity contribution is 0.0660. The van der Waals surface area contributed by atoms with Gasteiger partial charge in [0.1, 0.15) is 5.76 Å². The Labute approximate surface area is 116 Å². The molecule has 0 aliphatic rings. The van der Waals surface area contributed by atoms with Crippen LogP contribution < -0.4 is 5.32 Å². The van der Waals surface area contributed by atoms with Crippen LogP contribution in [0.25, 0.3) is 0 Å². The van der Waals surface area contributed by atoms with E-state index in [9.17, 15) is 4.79 Å². The molecule has 0 saturated carbocycles. The van der Waals surface area contributed by atoms with E-state index in [2.05, 4.69) is 5.32 Å². The fourth-order valence-electron chi connectivity index (χ4n) is 1.78. The van der Waals surface area contributed by atoms with E-state index in [1.54, 1.807) is 6.07 Å². The monoisotopic (exact) mass is 279 g/mol. The largest absolute Gasteiger partial charge is 0.475 e. The zero-order valence-electron chi connectivity index (χ0n) is 10.4. The Bertz CT molecular complexity index is 580. The van der Waals surface area contributed by atoms with E-state index >= 15 is 0 Å². The summed E-state index contributed by atoms with van der Waals surface area (Å²) >= 11 is 6.11. The first-order valence-corrected chi connectivity index (χ1v) is 6.25. The highest BCUT2D eigenvalue weighted by atomic mass is 35.5. The molecule has 0 aliphatic heterocycles. The molecular formula is C14H14ClNO3. The van der Waals surface area contributed by atoms with Gasteiger partial charge in [-0.15, -0.1) is 0 Å². The van der Waals surface area contributed by atoms with Crippen LogP contribution in [0.3, 0.4) is 0 Å². The summed E-state index contributed by atoms with van der Waals surface area (Å²) < 4.78 is 5.17. The van der Waals surface area contributed by atoms with Crippen molar-refractivity contribution < 1.29 is 14.3 Å². The van der Waals surface area contributed by atoms with Crippen molar-refractivity contribution in [1.29, 1.82) is 0 Å². The Kier molecular flexibility index (Phi) is 4.24. The van der Waals surface area contributed by atoms with Crippen LogP contribution in [0.15, 0.2) is 40.8 Å². The van der Waals surface area contributed by atoms with Crippen LogP contribution in [0.4, 0.5) is 0 Å². The van der Waals surface area contributed by atoms with Gasteiger partial charge in [0, 0.05) is 11.1 Å². The lowest BCUT2D eigenvalue weighted by Crippen LogP contribution is -2.18. The van der Waals surface area contributed by atoms with Crippen LogP contribution in [0.1, 0.15) is 34.8 Å². The number of nitrogens with one attached hydrogen (secondary N) is 1. The van der Waals surface area contributed by atoms with E-state index in [0.717, 1.165) is 5.56 Å². The molecule has 0 amide bonds. The molecule has 0 bridgehead atoms. The number of rotatable bonds is 5. The van der Waals surface area contributed by atoms with Gasteiger partial charge in [-0.1, -0.05) is 29.8 Å². The number of furan rings is 1. The summed E-state index contributed by atoms with van der Waals surface area (Å²) in [6, 6.07) is 10.7. The molecule has 1 aromatic carbocycles. The average molecular weight is 280 g/mol. The van der Waals surface area contributed by atoms with E-state index in [-0.39, 0.29) is 11.8 Å². The van der Waals surface area contributed by atoms with Crippen molar-refractivity contribution in [2.75, 3.05) is 0 Å². The first-order chi connectivity index (χ1) is 9.08. The Morgan fingerprint density at radius 1 is 1.37 bits per heavy atom. The third kappa shape index (κ3) is 3.36. The smallest absolute Gasteiger partial charge is 0.371 e. The van der Waals surface area contributed by atoms with Gasteiger partial charge in [0.2, 0.25) is 5.76 Å². The number of carboxylic acid groups (broad SMARTS) is 1. The van der Waals surface area contributed by atoms with Gasteiger partial charge in [-0.05, 0) is 30.7 Å². The van der Waals surface area contributed by atoms with Crippen molar-refractivity contribution in [3.8, 4) is 0 Å². The molecule has 19 heavy (non-hydrogen) atoms. The van der Waals surface area contributed by atoms with Crippen molar-refractivity contribution in [3.05, 3.63) is 58.5 Å². The second-order valence-corrected chi connectivity index (χ2v) is 4.60. The lowest BCUT2D eigenvalue weighted by atomic mass is 10.1. The molecule has 0 aliphatic carbocycles. The molecule has 0 spiro atoms. The number of carbonyl (C=O) groups is 1. The van der Waals surface area contributed by atoms with Gasteiger partial charge in [-0.3, -0.25) is 0 Å². The van der Waals surface area contributed by atoms with Crippen molar-refractivity contribution in [2.45, 2.75) is 19.5 Å². The lowest BCUT2D eigenvalue weighted by Gasteiger charge is -2.14. The van der Waals surface area contributed by atoms with Gasteiger partial charge in [-0.25, -0.2) is 4.79 Å². The second-order valence-electron chi connectivity index (χ2n) is 4.20. The van der Waals surface area contributed by atoms with Crippen molar-refractivity contribution in [3.63, 3.8) is 0 Å². The number of halogens is 1. The van der Waals surface area contributed by atoms with Crippen LogP contribution in [0, 0.1) is 0 Å². The topological polar surface area (TPSA) is 62.5 Å². The molecule has 100 valence electrons. The maximum Gasteiger partial charge on any atom is 0.371 e. The zero-order valence-corrected chi connectivity index (χ0v) is 11.1. The zero-order chi connectivity index (χ0) is 13.8. The standard InChI is InChI=1S/C14H14ClNO3/c1-9(11-4-2-3-5-12(11)15)16-8-10-6-7-13(19-10)14(17)18/h2-7,9,16H,8H2,1H3,(H,17,18)/t9-/m1/s1. The molecule has 2 rings (SSSR count). The molecule has 0 radical (unpaired) electrons. The minimum atomic E-state index is -1.06. The molecule has 5 heteroatoms.